The number of nitrogens with zero attached hydrogens (tertiary/aromatic N) is 4. The molecule has 0 spiro atoms. The summed E-state index contributed by atoms with van der Waals surface area (Å²) in [5.74, 6) is 2.92. The van der Waals surface area contributed by atoms with Crippen molar-refractivity contribution in [2.45, 2.75) is 30.8 Å². The van der Waals surface area contributed by atoms with Gasteiger partial charge in [0.15, 0.2) is 16.7 Å². The molecular weight excluding hydrogens is 424 g/mol. The van der Waals surface area contributed by atoms with E-state index >= 15 is 0 Å². The predicted molar refractivity (Wildman–Crippen MR) is 123 cm³/mol. The number of aromatic nitrogens is 3. The lowest BCUT2D eigenvalue weighted by molar-refractivity contribution is -0.127. The molecule has 8 heteroatoms. The minimum absolute atomic E-state index is 0.166. The number of hydrogen-bond acceptors (Lipinski definition) is 6. The lowest BCUT2D eigenvalue weighted by Gasteiger charge is -2.15. The second kappa shape index (κ2) is 9.65. The van der Waals surface area contributed by atoms with Crippen LogP contribution in [0.2, 0.25) is 0 Å². The van der Waals surface area contributed by atoms with Gasteiger partial charge >= 0.3 is 0 Å². The molecule has 32 heavy (non-hydrogen) atoms. The molecule has 0 saturated carbocycles. The van der Waals surface area contributed by atoms with Crippen LogP contribution in [-0.2, 0) is 11.2 Å². The van der Waals surface area contributed by atoms with Crippen molar-refractivity contribution in [1.29, 1.82) is 0 Å². The number of rotatable bonds is 6. The second-order valence-corrected chi connectivity index (χ2v) is 8.90. The average Bonchev–Trinajstić information content (AvgIpc) is 3.44. The number of hydrogen-bond donors (Lipinski definition) is 0. The van der Waals surface area contributed by atoms with Gasteiger partial charge in [-0.25, -0.2) is 0 Å². The minimum Gasteiger partial charge on any atom is -0.490 e. The smallest absolute Gasteiger partial charge is 0.233 e. The van der Waals surface area contributed by atoms with Crippen molar-refractivity contribution in [2.24, 2.45) is 0 Å². The molecule has 2 aliphatic heterocycles. The van der Waals surface area contributed by atoms with E-state index < -0.39 is 0 Å². The van der Waals surface area contributed by atoms with Gasteiger partial charge < -0.3 is 14.4 Å². The lowest BCUT2D eigenvalue weighted by Crippen LogP contribution is -2.29. The van der Waals surface area contributed by atoms with E-state index in [1.165, 1.54) is 11.8 Å². The first-order valence-corrected chi connectivity index (χ1v) is 12.1. The molecule has 166 valence electrons. The van der Waals surface area contributed by atoms with E-state index in [1.807, 2.05) is 58.0 Å². The SMILES string of the molecule is O=C(CSc1nnc(Cc2ccc3c(c2)OCCCO3)n1-c1ccccc1)N1CCCC1. The number of amides is 1. The fraction of sp³-hybridized carbons (Fsp3) is 0.375. The van der Waals surface area contributed by atoms with E-state index in [0.29, 0.717) is 25.4 Å². The van der Waals surface area contributed by atoms with Crippen molar-refractivity contribution in [3.63, 3.8) is 0 Å². The van der Waals surface area contributed by atoms with Gasteiger partial charge in [0.05, 0.1) is 19.0 Å². The highest BCUT2D eigenvalue weighted by Crippen LogP contribution is 2.32. The molecule has 1 saturated heterocycles. The summed E-state index contributed by atoms with van der Waals surface area (Å²) in [6.45, 7) is 3.05. The second-order valence-electron chi connectivity index (χ2n) is 7.95. The number of likely N-dealkylation sites (tertiary alicyclic amines) is 1. The summed E-state index contributed by atoms with van der Waals surface area (Å²) in [5.41, 5.74) is 2.06. The van der Waals surface area contributed by atoms with Crippen LogP contribution in [0, 0.1) is 0 Å². The van der Waals surface area contributed by atoms with Gasteiger partial charge in [-0.05, 0) is 42.7 Å². The predicted octanol–water partition coefficient (Wildman–Crippen LogP) is 3.73. The van der Waals surface area contributed by atoms with Crippen LogP contribution in [0.5, 0.6) is 11.5 Å². The Morgan fingerprint density at radius 2 is 1.72 bits per heavy atom. The maximum Gasteiger partial charge on any atom is 0.233 e. The molecule has 5 rings (SSSR count). The molecule has 1 fully saturated rings. The Hall–Kier alpha value is -3.00. The van der Waals surface area contributed by atoms with Crippen LogP contribution in [0.4, 0.5) is 0 Å². The molecule has 0 atom stereocenters. The third-order valence-electron chi connectivity index (χ3n) is 5.67. The van der Waals surface area contributed by atoms with E-state index in [-0.39, 0.29) is 5.91 Å². The van der Waals surface area contributed by atoms with Crippen molar-refractivity contribution < 1.29 is 14.3 Å². The molecule has 1 aromatic heterocycles. The van der Waals surface area contributed by atoms with Gasteiger partial charge in [0, 0.05) is 31.6 Å². The number of para-hydroxylation sites is 1. The van der Waals surface area contributed by atoms with Crippen LogP contribution in [0.25, 0.3) is 5.69 Å². The Bertz CT molecular complexity index is 1080. The first-order valence-electron chi connectivity index (χ1n) is 11.1. The lowest BCUT2D eigenvalue weighted by atomic mass is 10.1. The van der Waals surface area contributed by atoms with Crippen LogP contribution < -0.4 is 9.47 Å². The molecular formula is C24H26N4O3S. The van der Waals surface area contributed by atoms with Gasteiger partial charge in [0.1, 0.15) is 5.82 Å². The molecule has 3 heterocycles. The molecule has 3 aromatic rings. The summed E-state index contributed by atoms with van der Waals surface area (Å²) in [6, 6.07) is 16.1. The number of carbonyl (C=O) groups excluding carboxylic acids is 1. The first-order chi connectivity index (χ1) is 15.8. The van der Waals surface area contributed by atoms with Crippen molar-refractivity contribution >= 4 is 17.7 Å². The van der Waals surface area contributed by atoms with Crippen LogP contribution in [0.1, 0.15) is 30.7 Å². The highest BCUT2D eigenvalue weighted by atomic mass is 32.2. The van der Waals surface area contributed by atoms with Gasteiger partial charge in [-0.3, -0.25) is 9.36 Å². The largest absolute Gasteiger partial charge is 0.490 e. The summed E-state index contributed by atoms with van der Waals surface area (Å²) in [6.07, 6.45) is 3.66. The molecule has 7 nitrogen and oxygen atoms in total. The van der Waals surface area contributed by atoms with Crippen molar-refractivity contribution in [1.82, 2.24) is 19.7 Å². The topological polar surface area (TPSA) is 69.5 Å². The van der Waals surface area contributed by atoms with Crippen molar-refractivity contribution in [2.75, 3.05) is 32.1 Å². The normalized spacial score (nSPS) is 15.6. The Labute approximate surface area is 191 Å². The molecule has 0 N–H and O–H groups in total. The number of ether oxygens (including phenoxy) is 2. The quantitative estimate of drug-likeness (QED) is 0.533. The fourth-order valence-corrected chi connectivity index (χ4v) is 4.90. The zero-order valence-electron chi connectivity index (χ0n) is 17.9. The maximum absolute atomic E-state index is 12.6. The molecule has 1 amide bonds. The van der Waals surface area contributed by atoms with E-state index in [4.69, 9.17) is 9.47 Å². The monoisotopic (exact) mass is 450 g/mol. The Morgan fingerprint density at radius 3 is 2.53 bits per heavy atom. The summed E-state index contributed by atoms with van der Waals surface area (Å²) in [5, 5.41) is 9.66. The Balaban J connectivity index is 1.40. The van der Waals surface area contributed by atoms with Crippen molar-refractivity contribution in [3.05, 3.63) is 59.9 Å². The molecule has 2 aromatic carbocycles. The summed E-state index contributed by atoms with van der Waals surface area (Å²) >= 11 is 1.45. The molecule has 2 aliphatic rings. The summed E-state index contributed by atoms with van der Waals surface area (Å²) in [7, 11) is 0. The standard InChI is InChI=1S/C24H26N4O3S/c29-23(27-11-4-5-12-27)17-32-24-26-25-22(28(24)19-7-2-1-3-8-19)16-18-9-10-20-21(15-18)31-14-6-13-30-20/h1-3,7-10,15H,4-6,11-14,16-17H2. The van der Waals surface area contributed by atoms with E-state index in [0.717, 1.165) is 66.1 Å². The highest BCUT2D eigenvalue weighted by molar-refractivity contribution is 7.99. The Kier molecular flexibility index (Phi) is 6.29. The highest BCUT2D eigenvalue weighted by Gasteiger charge is 2.21. The maximum atomic E-state index is 12.6. The van der Waals surface area contributed by atoms with Crippen molar-refractivity contribution in [3.8, 4) is 17.2 Å². The van der Waals surface area contributed by atoms with Gasteiger partial charge in [0.2, 0.25) is 5.91 Å². The zero-order valence-corrected chi connectivity index (χ0v) is 18.7. The summed E-state index contributed by atoms with van der Waals surface area (Å²) < 4.78 is 13.6. The number of thioether (sulfide) groups is 1. The van der Waals surface area contributed by atoms with Crippen LogP contribution in [-0.4, -0.2) is 57.6 Å². The number of benzene rings is 2. The van der Waals surface area contributed by atoms with Crippen LogP contribution in [0.15, 0.2) is 53.7 Å². The third-order valence-corrected chi connectivity index (χ3v) is 6.59. The minimum atomic E-state index is 0.166. The molecule has 0 bridgehead atoms. The number of carbonyl (C=O) groups is 1. The third kappa shape index (κ3) is 4.60. The van der Waals surface area contributed by atoms with Crippen LogP contribution >= 0.6 is 11.8 Å². The first kappa shape index (κ1) is 20.9. The molecule has 0 aliphatic carbocycles. The molecule has 0 radical (unpaired) electrons. The van der Waals surface area contributed by atoms with Gasteiger partial charge in [-0.1, -0.05) is 36.0 Å². The summed E-state index contributed by atoms with van der Waals surface area (Å²) in [4.78, 5) is 14.5. The Morgan fingerprint density at radius 1 is 0.938 bits per heavy atom. The van der Waals surface area contributed by atoms with E-state index in [2.05, 4.69) is 10.2 Å². The average molecular weight is 451 g/mol. The van der Waals surface area contributed by atoms with Crippen LogP contribution in [0.3, 0.4) is 0 Å². The van der Waals surface area contributed by atoms with Gasteiger partial charge in [-0.2, -0.15) is 0 Å². The molecule has 0 unspecified atom stereocenters. The zero-order chi connectivity index (χ0) is 21.8. The fourth-order valence-electron chi connectivity index (χ4n) is 4.03. The van der Waals surface area contributed by atoms with Gasteiger partial charge in [0.25, 0.3) is 0 Å². The van der Waals surface area contributed by atoms with E-state index in [9.17, 15) is 4.79 Å². The van der Waals surface area contributed by atoms with E-state index in [1.54, 1.807) is 0 Å². The number of fused-ring (bicyclic) bond motifs is 1. The van der Waals surface area contributed by atoms with Gasteiger partial charge in [-0.15, -0.1) is 10.2 Å².